The summed E-state index contributed by atoms with van der Waals surface area (Å²) in [4.78, 5) is 10.9. The first-order chi connectivity index (χ1) is 6.31. The Morgan fingerprint density at radius 1 is 1.46 bits per heavy atom. The first-order valence-electron chi connectivity index (χ1n) is 3.95. The molecular weight excluding hydrogens is 206 g/mol. The molecule has 0 aliphatic heterocycles. The molecule has 0 aromatic carbocycles. The molecule has 0 aromatic rings. The van der Waals surface area contributed by atoms with E-state index in [4.69, 9.17) is 0 Å². The quantitative estimate of drug-likeness (QED) is 0.274. The van der Waals surface area contributed by atoms with E-state index in [-0.39, 0.29) is 5.91 Å². The third-order valence-corrected chi connectivity index (χ3v) is 3.54. The van der Waals surface area contributed by atoms with Crippen molar-refractivity contribution in [3.05, 3.63) is 0 Å². The lowest BCUT2D eigenvalue weighted by molar-refractivity contribution is -0.120. The third-order valence-electron chi connectivity index (χ3n) is 1.13. The van der Waals surface area contributed by atoms with Gasteiger partial charge in [-0.3, -0.25) is 4.79 Å². The Morgan fingerprint density at radius 3 is 2.77 bits per heavy atom. The fraction of sp³-hybridized carbons (Fsp3) is 0.714. The van der Waals surface area contributed by atoms with E-state index in [1.807, 2.05) is 7.05 Å². The number of hydrazone groups is 1. The number of rotatable bonds is 8. The molecule has 0 rings (SSSR count). The Kier molecular flexibility index (Phi) is 9.73. The molecule has 0 saturated carbocycles. The van der Waals surface area contributed by atoms with Gasteiger partial charge in [0.1, 0.15) is 0 Å². The van der Waals surface area contributed by atoms with Crippen LogP contribution in [-0.4, -0.2) is 37.7 Å². The number of carbonyl (C=O) groups excluding carboxylic acids is 1. The van der Waals surface area contributed by atoms with Gasteiger partial charge in [0.15, 0.2) is 0 Å². The van der Waals surface area contributed by atoms with Gasteiger partial charge in [-0.1, -0.05) is 21.6 Å². The largest absolute Gasteiger partial charge is 0.319 e. The molecule has 0 heterocycles. The van der Waals surface area contributed by atoms with Gasteiger partial charge in [-0.2, -0.15) is 5.10 Å². The summed E-state index contributed by atoms with van der Waals surface area (Å²) < 4.78 is 0. The smallest absolute Gasteiger partial charge is 0.240 e. The lowest BCUT2D eigenvalue weighted by Gasteiger charge is -1.99. The summed E-state index contributed by atoms with van der Waals surface area (Å²) in [5, 5.41) is 6.34. The molecule has 0 atom stereocenters. The molecule has 6 heteroatoms. The normalized spacial score (nSPS) is 9.62. The zero-order chi connectivity index (χ0) is 9.94. The highest BCUT2D eigenvalue weighted by molar-refractivity contribution is 8.76. The van der Waals surface area contributed by atoms with Gasteiger partial charge in [0.05, 0.1) is 0 Å². The third kappa shape index (κ3) is 9.72. The first-order valence-corrected chi connectivity index (χ1v) is 6.43. The van der Waals surface area contributed by atoms with Gasteiger partial charge in [0.2, 0.25) is 5.91 Å². The average Bonchev–Trinajstić information content (AvgIpc) is 2.11. The summed E-state index contributed by atoms with van der Waals surface area (Å²) in [6, 6.07) is 0. The van der Waals surface area contributed by atoms with Crippen molar-refractivity contribution in [1.82, 2.24) is 10.7 Å². The van der Waals surface area contributed by atoms with Gasteiger partial charge in [-0.15, -0.1) is 0 Å². The van der Waals surface area contributed by atoms with E-state index < -0.39 is 0 Å². The SMILES string of the molecule is C=NNC(=O)CCSSCCNC. The van der Waals surface area contributed by atoms with Gasteiger partial charge >= 0.3 is 0 Å². The van der Waals surface area contributed by atoms with Crippen LogP contribution < -0.4 is 10.7 Å². The summed E-state index contributed by atoms with van der Waals surface area (Å²) in [6.07, 6.45) is 0.496. The Balaban J connectivity index is 3.06. The second-order valence-electron chi connectivity index (χ2n) is 2.19. The number of nitrogens with one attached hydrogen (secondary N) is 2. The van der Waals surface area contributed by atoms with E-state index in [9.17, 15) is 4.79 Å². The van der Waals surface area contributed by atoms with Crippen molar-refractivity contribution in [3.63, 3.8) is 0 Å². The summed E-state index contributed by atoms with van der Waals surface area (Å²) in [6.45, 7) is 4.17. The molecule has 2 N–H and O–H groups in total. The number of amides is 1. The van der Waals surface area contributed by atoms with E-state index in [2.05, 4.69) is 22.6 Å². The molecule has 0 saturated heterocycles. The molecule has 0 bridgehead atoms. The van der Waals surface area contributed by atoms with Crippen LogP contribution in [0.3, 0.4) is 0 Å². The van der Waals surface area contributed by atoms with E-state index in [0.29, 0.717) is 6.42 Å². The summed E-state index contributed by atoms with van der Waals surface area (Å²) in [5.41, 5.74) is 2.29. The van der Waals surface area contributed by atoms with E-state index in [1.165, 1.54) is 0 Å². The average molecular weight is 221 g/mol. The number of hydrogen-bond donors (Lipinski definition) is 2. The van der Waals surface area contributed by atoms with Crippen LogP contribution in [0.25, 0.3) is 0 Å². The molecule has 0 aliphatic carbocycles. The number of nitrogens with zero attached hydrogens (tertiary/aromatic N) is 1. The van der Waals surface area contributed by atoms with Gasteiger partial charge < -0.3 is 5.32 Å². The Morgan fingerprint density at radius 2 is 2.15 bits per heavy atom. The monoisotopic (exact) mass is 221 g/mol. The first kappa shape index (κ1) is 12.8. The standard InChI is InChI=1S/C7H15N3OS2/c1-8-4-6-13-12-5-3-7(11)10-9-2/h8H,2-6H2,1H3,(H,10,11). The zero-order valence-corrected chi connectivity index (χ0v) is 9.34. The van der Waals surface area contributed by atoms with E-state index in [0.717, 1.165) is 18.1 Å². The molecule has 0 radical (unpaired) electrons. The molecule has 1 amide bonds. The summed E-state index contributed by atoms with van der Waals surface area (Å²) >= 11 is 0. The fourth-order valence-electron chi connectivity index (χ4n) is 0.540. The number of hydrogen-bond acceptors (Lipinski definition) is 5. The van der Waals surface area contributed by atoms with Gasteiger partial charge in [0, 0.05) is 31.2 Å². The minimum atomic E-state index is -0.0725. The molecular formula is C7H15N3OS2. The minimum Gasteiger partial charge on any atom is -0.319 e. The van der Waals surface area contributed by atoms with Gasteiger partial charge in [0.25, 0.3) is 0 Å². The Hall–Kier alpha value is -0.200. The van der Waals surface area contributed by atoms with E-state index >= 15 is 0 Å². The van der Waals surface area contributed by atoms with Crippen LogP contribution in [0.4, 0.5) is 0 Å². The second-order valence-corrected chi connectivity index (χ2v) is 4.89. The number of carbonyl (C=O) groups is 1. The van der Waals surface area contributed by atoms with Crippen LogP contribution in [0.2, 0.25) is 0 Å². The van der Waals surface area contributed by atoms with Crippen LogP contribution in [0, 0.1) is 0 Å². The van der Waals surface area contributed by atoms with Crippen molar-refractivity contribution in [1.29, 1.82) is 0 Å². The molecule has 4 nitrogen and oxygen atoms in total. The molecule has 0 fully saturated rings. The lowest BCUT2D eigenvalue weighted by Crippen LogP contribution is -2.16. The molecule has 76 valence electrons. The Labute approximate surface area is 86.7 Å². The molecule has 0 aliphatic rings. The maximum Gasteiger partial charge on any atom is 0.240 e. The predicted octanol–water partition coefficient (Wildman–Crippen LogP) is 0.709. The lowest BCUT2D eigenvalue weighted by atomic mass is 10.5. The van der Waals surface area contributed by atoms with Gasteiger partial charge in [-0.05, 0) is 7.05 Å². The van der Waals surface area contributed by atoms with Crippen molar-refractivity contribution in [2.45, 2.75) is 6.42 Å². The topological polar surface area (TPSA) is 53.5 Å². The van der Waals surface area contributed by atoms with Crippen molar-refractivity contribution >= 4 is 34.2 Å². The fourth-order valence-corrected chi connectivity index (χ4v) is 2.54. The molecule has 0 unspecified atom stereocenters. The summed E-state index contributed by atoms with van der Waals surface area (Å²) in [5.74, 6) is 1.80. The van der Waals surface area contributed by atoms with Crippen LogP contribution in [0.1, 0.15) is 6.42 Å². The highest BCUT2D eigenvalue weighted by Gasteiger charge is 1.98. The van der Waals surface area contributed by atoms with Crippen molar-refractivity contribution < 1.29 is 4.79 Å². The molecule has 0 aromatic heterocycles. The van der Waals surface area contributed by atoms with Crippen molar-refractivity contribution in [3.8, 4) is 0 Å². The van der Waals surface area contributed by atoms with Crippen molar-refractivity contribution in [2.75, 3.05) is 25.1 Å². The molecule has 13 heavy (non-hydrogen) atoms. The molecule has 0 spiro atoms. The summed E-state index contributed by atoms with van der Waals surface area (Å²) in [7, 11) is 5.39. The maximum absolute atomic E-state index is 10.9. The second kappa shape index (κ2) is 9.88. The van der Waals surface area contributed by atoms with Gasteiger partial charge in [-0.25, -0.2) is 5.43 Å². The minimum absolute atomic E-state index is 0.0725. The predicted molar refractivity (Wildman–Crippen MR) is 61.2 cm³/mol. The highest BCUT2D eigenvalue weighted by atomic mass is 33.1. The maximum atomic E-state index is 10.9. The highest BCUT2D eigenvalue weighted by Crippen LogP contribution is 2.20. The van der Waals surface area contributed by atoms with Crippen LogP contribution in [-0.2, 0) is 4.79 Å². The van der Waals surface area contributed by atoms with E-state index in [1.54, 1.807) is 21.6 Å². The van der Waals surface area contributed by atoms with Crippen LogP contribution >= 0.6 is 21.6 Å². The Bertz CT molecular complexity index is 155. The zero-order valence-electron chi connectivity index (χ0n) is 7.71. The van der Waals surface area contributed by atoms with Crippen LogP contribution in [0.5, 0.6) is 0 Å². The van der Waals surface area contributed by atoms with Crippen LogP contribution in [0.15, 0.2) is 5.10 Å². The van der Waals surface area contributed by atoms with Crippen molar-refractivity contribution in [2.24, 2.45) is 5.10 Å².